The van der Waals surface area contributed by atoms with Crippen LogP contribution in [-0.2, 0) is 13.1 Å². The number of benzene rings is 3. The molecule has 2 aromatic heterocycles. The molecule has 1 aliphatic rings. The predicted molar refractivity (Wildman–Crippen MR) is 143 cm³/mol. The fourth-order valence-corrected chi connectivity index (χ4v) is 4.99. The summed E-state index contributed by atoms with van der Waals surface area (Å²) in [5.74, 6) is 0. The van der Waals surface area contributed by atoms with Gasteiger partial charge in [0.05, 0.1) is 11.1 Å². The Morgan fingerprint density at radius 3 is 2.19 bits per heavy atom. The number of fused-ring (bicyclic) bond motifs is 2. The van der Waals surface area contributed by atoms with E-state index in [0.717, 1.165) is 40.1 Å². The van der Waals surface area contributed by atoms with Crippen molar-refractivity contribution >= 4 is 22.7 Å². The minimum absolute atomic E-state index is 0.303. The van der Waals surface area contributed by atoms with Crippen LogP contribution in [-0.4, -0.2) is 26.4 Å². The van der Waals surface area contributed by atoms with Crippen molar-refractivity contribution in [3.63, 3.8) is 0 Å². The summed E-state index contributed by atoms with van der Waals surface area (Å²) in [6, 6.07) is 30.4. The molecule has 0 amide bonds. The molecule has 0 atom stereocenters. The van der Waals surface area contributed by atoms with Gasteiger partial charge in [-0.1, -0.05) is 91.0 Å². The number of nitrogens with zero attached hydrogens (tertiary/aromatic N) is 2. The second-order valence-electron chi connectivity index (χ2n) is 9.02. The molecule has 0 aliphatic carbocycles. The molecule has 3 heterocycles. The molecular weight excluding hydrogens is 448 g/mol. The van der Waals surface area contributed by atoms with E-state index >= 15 is 0 Å². The first-order valence-corrected chi connectivity index (χ1v) is 11.9. The maximum Gasteiger partial charge on any atom is 0.327 e. The Morgan fingerprint density at radius 1 is 0.806 bits per heavy atom. The zero-order valence-electron chi connectivity index (χ0n) is 19.6. The molecule has 176 valence electrons. The van der Waals surface area contributed by atoms with Gasteiger partial charge in [-0.2, -0.15) is 0 Å². The highest BCUT2D eigenvalue weighted by Gasteiger charge is 2.28. The molecule has 0 radical (unpaired) electrons. The van der Waals surface area contributed by atoms with Gasteiger partial charge in [0, 0.05) is 30.8 Å². The Bertz CT molecular complexity index is 1690. The Balaban J connectivity index is 1.63. The molecule has 36 heavy (non-hydrogen) atoms. The molecule has 6 heteroatoms. The van der Waals surface area contributed by atoms with E-state index in [1.165, 1.54) is 5.56 Å². The van der Waals surface area contributed by atoms with Crippen LogP contribution in [0.25, 0.3) is 33.8 Å². The first kappa shape index (κ1) is 21.9. The zero-order valence-corrected chi connectivity index (χ0v) is 19.6. The highest BCUT2D eigenvalue weighted by atomic mass is 16.2. The van der Waals surface area contributed by atoms with E-state index in [4.69, 9.17) is 4.98 Å². The van der Waals surface area contributed by atoms with Crippen LogP contribution in [0.5, 0.6) is 0 Å². The van der Waals surface area contributed by atoms with Gasteiger partial charge >= 0.3 is 5.69 Å². The van der Waals surface area contributed by atoms with E-state index in [0.29, 0.717) is 24.1 Å². The molecule has 3 aromatic carbocycles. The third-order valence-corrected chi connectivity index (χ3v) is 6.52. The quantitative estimate of drug-likeness (QED) is 0.392. The van der Waals surface area contributed by atoms with E-state index in [9.17, 15) is 9.59 Å². The molecule has 5 aromatic rings. The Kier molecular flexibility index (Phi) is 5.64. The van der Waals surface area contributed by atoms with Gasteiger partial charge in [0.1, 0.15) is 5.65 Å². The van der Waals surface area contributed by atoms with Crippen LogP contribution >= 0.6 is 0 Å². The summed E-state index contributed by atoms with van der Waals surface area (Å²) < 4.78 is 0. The SMILES string of the molecule is O=c1[nH]c(=O)c2c(-c3ccccc3)c3c(nc2[nH]1)/C(=C/c1ccccc1)CN(Cc1ccccc1)C3. The Morgan fingerprint density at radius 2 is 1.47 bits per heavy atom. The first-order chi connectivity index (χ1) is 17.7. The minimum Gasteiger partial charge on any atom is -0.291 e. The van der Waals surface area contributed by atoms with Gasteiger partial charge in [0.2, 0.25) is 0 Å². The van der Waals surface area contributed by atoms with Crippen LogP contribution in [0.2, 0.25) is 0 Å². The highest BCUT2D eigenvalue weighted by Crippen LogP contribution is 2.38. The van der Waals surface area contributed by atoms with Crippen LogP contribution in [0.1, 0.15) is 22.4 Å². The van der Waals surface area contributed by atoms with Gasteiger partial charge in [0.15, 0.2) is 0 Å². The van der Waals surface area contributed by atoms with Crippen molar-refractivity contribution in [2.45, 2.75) is 13.1 Å². The van der Waals surface area contributed by atoms with Crippen molar-refractivity contribution in [1.29, 1.82) is 0 Å². The predicted octanol–water partition coefficient (Wildman–Crippen LogP) is 4.83. The average Bonchev–Trinajstić information content (AvgIpc) is 2.89. The Labute approximate surface area is 207 Å². The van der Waals surface area contributed by atoms with Gasteiger partial charge < -0.3 is 0 Å². The molecular formula is C30H24N4O2. The number of nitrogens with one attached hydrogen (secondary N) is 2. The Hall–Kier alpha value is -4.55. The number of H-pyrrole nitrogens is 2. The van der Waals surface area contributed by atoms with Crippen molar-refractivity contribution in [3.05, 3.63) is 134 Å². The van der Waals surface area contributed by atoms with Gasteiger partial charge in [-0.15, -0.1) is 0 Å². The lowest BCUT2D eigenvalue weighted by molar-refractivity contribution is 0.283. The molecule has 0 saturated heterocycles. The largest absolute Gasteiger partial charge is 0.327 e. The third kappa shape index (κ3) is 4.19. The van der Waals surface area contributed by atoms with Crippen LogP contribution in [0.15, 0.2) is 101 Å². The standard InChI is InChI=1S/C30H24N4O2/c35-29-26-25(22-14-8-3-9-15-22)24-19-34(17-21-12-6-2-7-13-21)18-23(16-20-10-4-1-5-11-20)27(24)31-28(26)32-30(36)33-29/h1-16H,17-19H2,(H2,31,32,33,35,36)/b23-16+. The average molecular weight is 473 g/mol. The molecule has 0 saturated carbocycles. The smallest absolute Gasteiger partial charge is 0.291 e. The summed E-state index contributed by atoms with van der Waals surface area (Å²) in [6.45, 7) is 2.08. The normalized spacial score (nSPS) is 14.7. The summed E-state index contributed by atoms with van der Waals surface area (Å²) in [4.78, 5) is 37.7. The molecule has 0 fully saturated rings. The lowest BCUT2D eigenvalue weighted by Crippen LogP contribution is -2.32. The van der Waals surface area contributed by atoms with Gasteiger partial charge in [-0.25, -0.2) is 9.78 Å². The van der Waals surface area contributed by atoms with E-state index < -0.39 is 11.2 Å². The summed E-state index contributed by atoms with van der Waals surface area (Å²) in [5.41, 5.74) is 6.16. The van der Waals surface area contributed by atoms with E-state index in [-0.39, 0.29) is 0 Å². The number of hydrogen-bond acceptors (Lipinski definition) is 4. The van der Waals surface area contributed by atoms with Crippen LogP contribution in [0.3, 0.4) is 0 Å². The van der Waals surface area contributed by atoms with Crippen molar-refractivity contribution in [3.8, 4) is 11.1 Å². The summed E-state index contributed by atoms with van der Waals surface area (Å²) in [7, 11) is 0. The van der Waals surface area contributed by atoms with Crippen molar-refractivity contribution < 1.29 is 0 Å². The first-order valence-electron chi connectivity index (χ1n) is 11.9. The fraction of sp³-hybridized carbons (Fsp3) is 0.100. The van der Waals surface area contributed by atoms with Crippen LogP contribution in [0.4, 0.5) is 0 Å². The number of hydrogen-bond donors (Lipinski definition) is 2. The monoisotopic (exact) mass is 472 g/mol. The van der Waals surface area contributed by atoms with Crippen LogP contribution < -0.4 is 11.2 Å². The lowest BCUT2D eigenvalue weighted by atomic mass is 9.89. The van der Waals surface area contributed by atoms with Crippen molar-refractivity contribution in [1.82, 2.24) is 19.9 Å². The van der Waals surface area contributed by atoms with Gasteiger partial charge in [-0.3, -0.25) is 19.7 Å². The second-order valence-corrected chi connectivity index (χ2v) is 9.02. The number of aromatic nitrogens is 3. The van der Waals surface area contributed by atoms with Crippen molar-refractivity contribution in [2.24, 2.45) is 0 Å². The molecule has 0 unspecified atom stereocenters. The highest BCUT2D eigenvalue weighted by molar-refractivity contribution is 5.98. The summed E-state index contributed by atoms with van der Waals surface area (Å²) in [5, 5.41) is 0.403. The van der Waals surface area contributed by atoms with E-state index in [1.54, 1.807) is 0 Å². The number of pyridine rings is 1. The van der Waals surface area contributed by atoms with Crippen molar-refractivity contribution in [2.75, 3.05) is 6.54 Å². The molecule has 2 N–H and O–H groups in total. The maximum atomic E-state index is 13.1. The molecule has 6 nitrogen and oxygen atoms in total. The van der Waals surface area contributed by atoms with E-state index in [2.05, 4.69) is 45.2 Å². The lowest BCUT2D eigenvalue weighted by Gasteiger charge is -2.32. The maximum absolute atomic E-state index is 13.1. The van der Waals surface area contributed by atoms with Crippen LogP contribution in [0, 0.1) is 0 Å². The molecule has 1 aliphatic heterocycles. The minimum atomic E-state index is -0.561. The van der Waals surface area contributed by atoms with Gasteiger partial charge in [0.25, 0.3) is 5.56 Å². The summed E-state index contributed by atoms with van der Waals surface area (Å²) >= 11 is 0. The number of rotatable bonds is 4. The third-order valence-electron chi connectivity index (χ3n) is 6.52. The second kappa shape index (κ2) is 9.24. The molecule has 6 rings (SSSR count). The zero-order chi connectivity index (χ0) is 24.5. The number of aromatic amines is 2. The van der Waals surface area contributed by atoms with Gasteiger partial charge in [-0.05, 0) is 28.3 Å². The topological polar surface area (TPSA) is 81.8 Å². The molecule has 0 bridgehead atoms. The van der Waals surface area contributed by atoms with E-state index in [1.807, 2.05) is 66.7 Å². The fourth-order valence-electron chi connectivity index (χ4n) is 4.99. The summed E-state index contributed by atoms with van der Waals surface area (Å²) in [6.07, 6.45) is 2.15. The molecule has 0 spiro atoms.